The minimum absolute atomic E-state index is 0. The van der Waals surface area contributed by atoms with E-state index in [1.165, 1.54) is 22.6 Å². The summed E-state index contributed by atoms with van der Waals surface area (Å²) in [6.07, 6.45) is 2.55. The van der Waals surface area contributed by atoms with Gasteiger partial charge in [-0.1, -0.05) is 47.1 Å². The predicted molar refractivity (Wildman–Crippen MR) is 185 cm³/mol. The lowest BCUT2D eigenvalue weighted by Crippen LogP contribution is -2.49. The molecule has 2 amide bonds. The van der Waals surface area contributed by atoms with Crippen molar-refractivity contribution in [1.29, 1.82) is 0 Å². The van der Waals surface area contributed by atoms with Gasteiger partial charge in [-0.05, 0) is 98.8 Å². The number of carbonyl (C=O) groups excluding carboxylic acids is 3. The van der Waals surface area contributed by atoms with Gasteiger partial charge in [0.1, 0.15) is 11.6 Å². The highest BCUT2D eigenvalue weighted by Gasteiger charge is 2.42. The number of fused-ring (bicyclic) bond motifs is 1. The lowest BCUT2D eigenvalue weighted by atomic mass is 9.84. The summed E-state index contributed by atoms with van der Waals surface area (Å²) in [4.78, 5) is 47.8. The van der Waals surface area contributed by atoms with Crippen molar-refractivity contribution >= 4 is 58.8 Å². The molecule has 0 aliphatic carbocycles. The smallest absolute Gasteiger partial charge is 0.338 e. The molecule has 0 aromatic heterocycles. The van der Waals surface area contributed by atoms with Gasteiger partial charge in [-0.15, -0.1) is 12.4 Å². The van der Waals surface area contributed by atoms with Gasteiger partial charge in [0.15, 0.2) is 5.82 Å². The zero-order chi connectivity index (χ0) is 33.3. The number of nitrogens with one attached hydrogen (secondary N) is 2. The number of hydrogen-bond acceptors (Lipinski definition) is 7. The van der Waals surface area contributed by atoms with Crippen LogP contribution in [-0.4, -0.2) is 59.7 Å². The number of nitrogens with zero attached hydrogens (tertiary/aromatic N) is 2. The fraction of sp³-hybridized carbons (Fsp3) is 0.333. The molecule has 0 spiro atoms. The van der Waals surface area contributed by atoms with Gasteiger partial charge in [-0.25, -0.2) is 9.18 Å². The van der Waals surface area contributed by atoms with Gasteiger partial charge in [0.05, 0.1) is 16.3 Å². The minimum atomic E-state index is -1.04. The lowest BCUT2D eigenvalue weighted by molar-refractivity contribution is -0.148. The molecule has 3 aromatic rings. The Hall–Kier alpha value is -4.25. The van der Waals surface area contributed by atoms with Gasteiger partial charge in [-0.3, -0.25) is 9.59 Å². The second-order valence-electron chi connectivity index (χ2n) is 12.7. The maximum Gasteiger partial charge on any atom is 0.338 e. The Morgan fingerprint density at radius 3 is 2.48 bits per heavy atom. The average molecular weight is 696 g/mol. The van der Waals surface area contributed by atoms with Crippen molar-refractivity contribution in [3.8, 4) is 0 Å². The third kappa shape index (κ3) is 7.41. The summed E-state index contributed by atoms with van der Waals surface area (Å²) in [5.74, 6) is -1.94. The number of benzene rings is 3. The summed E-state index contributed by atoms with van der Waals surface area (Å²) in [5, 5.41) is 10.3. The van der Waals surface area contributed by atoms with E-state index in [-0.39, 0.29) is 41.7 Å². The van der Waals surface area contributed by atoms with Crippen LogP contribution in [0.1, 0.15) is 72.3 Å². The standard InChI is InChI=1S/C36H36ClFN4O5.ClH/c1-36(2,3)46-35(45)22-10-12-23(13-11-22)40-33(43)32-26-7-4-6-24(21-14-17-39-18-15-21)25(26)16-19-42(32)34(44)30-20-29(41-47-30)27-8-5-9-28(37)31(27)38;/h4-14,30,32,39H,15-20H2,1-3H3,(H,40,43);1H/t30-,32+;/m1./s1. The van der Waals surface area contributed by atoms with Crippen LogP contribution in [0.5, 0.6) is 0 Å². The SMILES string of the molecule is CC(C)(C)OC(=O)c1ccc(NC(=O)[C@@H]2c3cccc(C4=CCNCC4)c3CCN2C(=O)[C@H]2CC(c3cccc(Cl)c3F)=NO2)cc1.Cl. The maximum absolute atomic E-state index is 14.8. The first-order valence-electron chi connectivity index (χ1n) is 15.6. The second kappa shape index (κ2) is 14.5. The van der Waals surface area contributed by atoms with E-state index in [9.17, 15) is 18.8 Å². The molecule has 0 saturated heterocycles. The Morgan fingerprint density at radius 2 is 1.77 bits per heavy atom. The number of oxime groups is 1. The molecule has 0 saturated carbocycles. The van der Waals surface area contributed by atoms with Crippen LogP contribution >= 0.6 is 24.0 Å². The zero-order valence-electron chi connectivity index (χ0n) is 26.8. The van der Waals surface area contributed by atoms with E-state index in [2.05, 4.69) is 27.9 Å². The van der Waals surface area contributed by atoms with Crippen molar-refractivity contribution in [3.05, 3.63) is 105 Å². The fourth-order valence-electron chi connectivity index (χ4n) is 6.18. The molecule has 252 valence electrons. The van der Waals surface area contributed by atoms with Gasteiger partial charge >= 0.3 is 5.97 Å². The molecular formula is C36H37Cl2FN4O5. The lowest BCUT2D eigenvalue weighted by Gasteiger charge is -2.38. The first-order chi connectivity index (χ1) is 22.5. The van der Waals surface area contributed by atoms with Gasteiger partial charge in [-0.2, -0.15) is 0 Å². The van der Waals surface area contributed by atoms with Crippen LogP contribution < -0.4 is 10.6 Å². The molecule has 3 aromatic carbocycles. The molecule has 0 bridgehead atoms. The highest BCUT2D eigenvalue weighted by molar-refractivity contribution is 6.31. The monoisotopic (exact) mass is 694 g/mol. The number of esters is 1. The zero-order valence-corrected chi connectivity index (χ0v) is 28.4. The first kappa shape index (κ1) is 35.1. The highest BCUT2D eigenvalue weighted by atomic mass is 35.5. The van der Waals surface area contributed by atoms with Crippen LogP contribution in [0.3, 0.4) is 0 Å². The molecule has 0 unspecified atom stereocenters. The van der Waals surface area contributed by atoms with Gasteiger partial charge in [0, 0.05) is 30.8 Å². The van der Waals surface area contributed by atoms with Crippen molar-refractivity contribution in [2.45, 2.75) is 57.8 Å². The summed E-state index contributed by atoms with van der Waals surface area (Å²) in [6, 6.07) is 15.9. The number of anilines is 1. The summed E-state index contributed by atoms with van der Waals surface area (Å²) in [6.45, 7) is 7.27. The molecule has 2 atom stereocenters. The van der Waals surface area contributed by atoms with E-state index in [0.29, 0.717) is 17.7 Å². The predicted octanol–water partition coefficient (Wildman–Crippen LogP) is 6.49. The minimum Gasteiger partial charge on any atom is -0.456 e. The molecule has 3 aliphatic heterocycles. The van der Waals surface area contributed by atoms with Crippen molar-refractivity contribution in [1.82, 2.24) is 10.2 Å². The van der Waals surface area contributed by atoms with Gasteiger partial charge in [0.25, 0.3) is 11.8 Å². The van der Waals surface area contributed by atoms with Crippen LogP contribution in [0.25, 0.3) is 5.57 Å². The molecule has 3 aliphatic rings. The van der Waals surface area contributed by atoms with Crippen molar-refractivity contribution in [2.24, 2.45) is 5.16 Å². The van der Waals surface area contributed by atoms with Gasteiger partial charge < -0.3 is 25.1 Å². The molecule has 9 nitrogen and oxygen atoms in total. The van der Waals surface area contributed by atoms with E-state index in [1.807, 2.05) is 12.1 Å². The molecule has 3 heterocycles. The Bertz CT molecular complexity index is 1790. The quantitative estimate of drug-likeness (QED) is 0.286. The summed E-state index contributed by atoms with van der Waals surface area (Å²) in [7, 11) is 0. The number of amides is 2. The summed E-state index contributed by atoms with van der Waals surface area (Å²) in [5.41, 5.74) is 4.63. The fourth-order valence-corrected chi connectivity index (χ4v) is 6.35. The van der Waals surface area contributed by atoms with E-state index in [0.717, 1.165) is 36.2 Å². The average Bonchev–Trinajstić information content (AvgIpc) is 3.55. The molecule has 2 N–H and O–H groups in total. The molecular weight excluding hydrogens is 658 g/mol. The number of hydrogen-bond donors (Lipinski definition) is 2. The maximum atomic E-state index is 14.8. The van der Waals surface area contributed by atoms with Crippen LogP contribution in [0, 0.1) is 5.82 Å². The largest absolute Gasteiger partial charge is 0.456 e. The number of halogens is 3. The Kier molecular flexibility index (Phi) is 10.6. The second-order valence-corrected chi connectivity index (χ2v) is 13.2. The van der Waals surface area contributed by atoms with E-state index in [1.54, 1.807) is 51.1 Å². The Labute approximate surface area is 289 Å². The van der Waals surface area contributed by atoms with Crippen LogP contribution in [0.4, 0.5) is 10.1 Å². The highest BCUT2D eigenvalue weighted by Crippen LogP contribution is 2.37. The Morgan fingerprint density at radius 1 is 1.04 bits per heavy atom. The van der Waals surface area contributed by atoms with E-state index in [4.69, 9.17) is 21.2 Å². The molecule has 6 rings (SSSR count). The Balaban J connectivity index is 0.00000451. The van der Waals surface area contributed by atoms with Crippen LogP contribution in [0.15, 0.2) is 71.9 Å². The van der Waals surface area contributed by atoms with Crippen molar-refractivity contribution in [3.63, 3.8) is 0 Å². The number of carbonyl (C=O) groups is 3. The van der Waals surface area contributed by atoms with Gasteiger partial charge in [0.2, 0.25) is 6.10 Å². The molecule has 0 fully saturated rings. The summed E-state index contributed by atoms with van der Waals surface area (Å²) < 4.78 is 20.2. The number of rotatable bonds is 6. The van der Waals surface area contributed by atoms with Crippen LogP contribution in [0.2, 0.25) is 5.02 Å². The summed E-state index contributed by atoms with van der Waals surface area (Å²) >= 11 is 5.98. The third-order valence-electron chi connectivity index (χ3n) is 8.36. The molecule has 12 heteroatoms. The molecule has 48 heavy (non-hydrogen) atoms. The van der Waals surface area contributed by atoms with Crippen LogP contribution in [-0.2, 0) is 25.6 Å². The first-order valence-corrected chi connectivity index (χ1v) is 16.0. The number of ether oxygens (including phenoxy) is 1. The van der Waals surface area contributed by atoms with E-state index < -0.39 is 41.3 Å². The van der Waals surface area contributed by atoms with Crippen molar-refractivity contribution in [2.75, 3.05) is 25.0 Å². The molecule has 0 radical (unpaired) electrons. The van der Waals surface area contributed by atoms with Crippen molar-refractivity contribution < 1.29 is 28.3 Å². The topological polar surface area (TPSA) is 109 Å². The van der Waals surface area contributed by atoms with E-state index >= 15 is 0 Å². The third-order valence-corrected chi connectivity index (χ3v) is 8.65. The normalized spacial score (nSPS) is 18.8.